The molecule has 1 heterocycles. The van der Waals surface area contributed by atoms with Crippen LogP contribution in [0.15, 0.2) is 48.8 Å². The lowest BCUT2D eigenvalue weighted by Gasteiger charge is -2.12. The molecule has 0 bridgehead atoms. The van der Waals surface area contributed by atoms with Crippen molar-refractivity contribution in [1.29, 1.82) is 0 Å². The van der Waals surface area contributed by atoms with E-state index in [1.54, 1.807) is 6.07 Å². The molecule has 1 N–H and O–H groups in total. The average Bonchev–Trinajstić information content (AvgIpc) is 2.50. The Kier molecular flexibility index (Phi) is 5.15. The Labute approximate surface area is 123 Å². The van der Waals surface area contributed by atoms with Crippen molar-refractivity contribution in [2.24, 2.45) is 0 Å². The molecule has 0 fully saturated rings. The lowest BCUT2D eigenvalue weighted by Crippen LogP contribution is -2.25. The Morgan fingerprint density at radius 3 is 2.67 bits per heavy atom. The highest BCUT2D eigenvalue weighted by atomic mass is 16.5. The predicted molar refractivity (Wildman–Crippen MR) is 80.2 cm³/mol. The molecule has 0 radical (unpaired) electrons. The third kappa shape index (κ3) is 4.21. The van der Waals surface area contributed by atoms with Crippen LogP contribution in [0.1, 0.15) is 30.1 Å². The number of anilines is 1. The van der Waals surface area contributed by atoms with Gasteiger partial charge in [0.05, 0.1) is 17.9 Å². The highest BCUT2D eigenvalue weighted by Crippen LogP contribution is 2.24. The molecule has 0 unspecified atom stereocenters. The van der Waals surface area contributed by atoms with Gasteiger partial charge in [0.15, 0.2) is 12.4 Å². The van der Waals surface area contributed by atoms with Crippen LogP contribution in [0, 0.1) is 5.21 Å². The molecule has 1 amide bonds. The van der Waals surface area contributed by atoms with E-state index in [0.29, 0.717) is 28.3 Å². The molecule has 0 spiro atoms. The normalized spacial score (nSPS) is 10.1. The topological polar surface area (TPSA) is 65.3 Å². The second-order valence-electron chi connectivity index (χ2n) is 4.60. The van der Waals surface area contributed by atoms with E-state index in [-0.39, 0.29) is 5.91 Å². The number of unbranched alkanes of at least 4 members (excludes halogenated alkanes) is 1. The van der Waals surface area contributed by atoms with E-state index in [0.717, 1.165) is 12.8 Å². The van der Waals surface area contributed by atoms with Crippen molar-refractivity contribution in [2.75, 3.05) is 11.9 Å². The predicted octanol–water partition coefficient (Wildman–Crippen LogP) is 2.75. The summed E-state index contributed by atoms with van der Waals surface area (Å²) < 4.78 is 6.30. The molecule has 0 saturated heterocycles. The number of amides is 1. The number of nitrogens with zero attached hydrogens (tertiary/aromatic N) is 1. The summed E-state index contributed by atoms with van der Waals surface area (Å²) in [7, 11) is 0. The molecule has 21 heavy (non-hydrogen) atoms. The molecular weight excluding hydrogens is 268 g/mol. The van der Waals surface area contributed by atoms with Gasteiger partial charge in [-0.3, -0.25) is 4.79 Å². The van der Waals surface area contributed by atoms with Gasteiger partial charge in [-0.15, -0.1) is 0 Å². The van der Waals surface area contributed by atoms with Crippen molar-refractivity contribution >= 4 is 11.6 Å². The minimum atomic E-state index is -0.276. The molecule has 5 heteroatoms. The zero-order chi connectivity index (χ0) is 15.1. The van der Waals surface area contributed by atoms with Gasteiger partial charge in [0, 0.05) is 12.1 Å². The van der Waals surface area contributed by atoms with E-state index < -0.39 is 0 Å². The fourth-order valence-corrected chi connectivity index (χ4v) is 1.78. The molecule has 0 saturated carbocycles. The number of aromatic nitrogens is 1. The van der Waals surface area contributed by atoms with Gasteiger partial charge in [-0.25, -0.2) is 0 Å². The van der Waals surface area contributed by atoms with Crippen LogP contribution < -0.4 is 14.8 Å². The third-order valence-corrected chi connectivity index (χ3v) is 2.95. The van der Waals surface area contributed by atoms with E-state index >= 15 is 0 Å². The third-order valence-electron chi connectivity index (χ3n) is 2.95. The monoisotopic (exact) mass is 286 g/mol. The van der Waals surface area contributed by atoms with Crippen LogP contribution in [0.2, 0.25) is 0 Å². The maximum absolute atomic E-state index is 12.1. The van der Waals surface area contributed by atoms with Gasteiger partial charge in [-0.05, 0) is 18.6 Å². The van der Waals surface area contributed by atoms with Gasteiger partial charge in [0.1, 0.15) is 5.75 Å². The van der Waals surface area contributed by atoms with E-state index in [4.69, 9.17) is 4.74 Å². The van der Waals surface area contributed by atoms with Crippen molar-refractivity contribution in [3.05, 3.63) is 59.6 Å². The molecule has 0 aliphatic heterocycles. The molecule has 1 aromatic heterocycles. The van der Waals surface area contributed by atoms with Crippen molar-refractivity contribution in [3.63, 3.8) is 0 Å². The Morgan fingerprint density at radius 2 is 1.95 bits per heavy atom. The van der Waals surface area contributed by atoms with Gasteiger partial charge < -0.3 is 15.3 Å². The zero-order valence-corrected chi connectivity index (χ0v) is 11.9. The highest BCUT2D eigenvalue weighted by Gasteiger charge is 2.10. The molecule has 1 aromatic carbocycles. The average molecular weight is 286 g/mol. The van der Waals surface area contributed by atoms with Crippen molar-refractivity contribution in [1.82, 2.24) is 0 Å². The first kappa shape index (κ1) is 14.8. The Bertz CT molecular complexity index is 597. The Balaban J connectivity index is 2.08. The molecule has 110 valence electrons. The number of nitrogens with one attached hydrogen (secondary N) is 1. The number of ether oxygens (including phenoxy) is 1. The molecule has 0 atom stereocenters. The fourth-order valence-electron chi connectivity index (χ4n) is 1.78. The summed E-state index contributed by atoms with van der Waals surface area (Å²) in [6, 6.07) is 10.3. The molecule has 2 rings (SSSR count). The van der Waals surface area contributed by atoms with Crippen LogP contribution in [-0.2, 0) is 0 Å². The highest BCUT2D eigenvalue weighted by molar-refractivity contribution is 6.04. The smallest absolute Gasteiger partial charge is 0.256 e. The van der Waals surface area contributed by atoms with E-state index in [2.05, 4.69) is 12.2 Å². The number of rotatable bonds is 6. The van der Waals surface area contributed by atoms with Gasteiger partial charge in [0.25, 0.3) is 5.91 Å². The maximum Gasteiger partial charge on any atom is 0.256 e. The van der Waals surface area contributed by atoms with Crippen LogP contribution in [0.4, 0.5) is 5.69 Å². The molecule has 5 nitrogen and oxygen atoms in total. The van der Waals surface area contributed by atoms with E-state index in [1.165, 1.54) is 24.5 Å². The van der Waals surface area contributed by atoms with Crippen molar-refractivity contribution < 1.29 is 14.3 Å². The summed E-state index contributed by atoms with van der Waals surface area (Å²) in [6.45, 7) is 2.71. The molecule has 0 aliphatic carbocycles. The van der Waals surface area contributed by atoms with Crippen LogP contribution in [0.25, 0.3) is 0 Å². The van der Waals surface area contributed by atoms with Crippen LogP contribution in [-0.4, -0.2) is 12.5 Å². The number of para-hydroxylation sites is 2. The maximum atomic E-state index is 12.1. The molecule has 2 aromatic rings. The lowest BCUT2D eigenvalue weighted by atomic mass is 10.2. The van der Waals surface area contributed by atoms with Crippen molar-refractivity contribution in [2.45, 2.75) is 19.8 Å². The van der Waals surface area contributed by atoms with Crippen LogP contribution >= 0.6 is 0 Å². The second-order valence-corrected chi connectivity index (χ2v) is 4.60. The largest absolute Gasteiger partial charge is 0.619 e. The Hall–Kier alpha value is -2.56. The summed E-state index contributed by atoms with van der Waals surface area (Å²) in [6.07, 6.45) is 4.59. The van der Waals surface area contributed by atoms with E-state index in [1.807, 2.05) is 18.2 Å². The van der Waals surface area contributed by atoms with Crippen molar-refractivity contribution in [3.8, 4) is 5.75 Å². The number of pyridine rings is 1. The fraction of sp³-hybridized carbons (Fsp3) is 0.250. The van der Waals surface area contributed by atoms with Gasteiger partial charge in [0.2, 0.25) is 0 Å². The number of carbonyl (C=O) groups is 1. The van der Waals surface area contributed by atoms with Gasteiger partial charge in [-0.1, -0.05) is 25.5 Å². The van der Waals surface area contributed by atoms with Crippen LogP contribution in [0.5, 0.6) is 5.75 Å². The van der Waals surface area contributed by atoms with Crippen LogP contribution in [0.3, 0.4) is 0 Å². The first-order valence-corrected chi connectivity index (χ1v) is 6.92. The standard InChI is InChI=1S/C16H18N2O3/c1-2-3-12-21-15-7-5-4-6-14(15)17-16(19)13-8-10-18(20)11-9-13/h4-11H,2-3,12H2,1H3,(H,17,19). The summed E-state index contributed by atoms with van der Waals surface area (Å²) in [5.74, 6) is 0.372. The summed E-state index contributed by atoms with van der Waals surface area (Å²) in [4.78, 5) is 12.1. The van der Waals surface area contributed by atoms with E-state index in [9.17, 15) is 10.0 Å². The minimum Gasteiger partial charge on any atom is -0.619 e. The number of hydrogen-bond acceptors (Lipinski definition) is 3. The first-order valence-electron chi connectivity index (χ1n) is 6.92. The van der Waals surface area contributed by atoms with Gasteiger partial charge >= 0.3 is 0 Å². The zero-order valence-electron chi connectivity index (χ0n) is 11.9. The minimum absolute atomic E-state index is 0.276. The second kappa shape index (κ2) is 7.28. The summed E-state index contributed by atoms with van der Waals surface area (Å²) >= 11 is 0. The quantitative estimate of drug-likeness (QED) is 0.504. The Morgan fingerprint density at radius 1 is 1.24 bits per heavy atom. The van der Waals surface area contributed by atoms with Gasteiger partial charge in [-0.2, -0.15) is 4.73 Å². The number of hydrogen-bond donors (Lipinski definition) is 1. The molecular formula is C16H18N2O3. The molecule has 0 aliphatic rings. The summed E-state index contributed by atoms with van der Waals surface area (Å²) in [5.41, 5.74) is 1.04. The number of benzene rings is 1. The SMILES string of the molecule is CCCCOc1ccccc1NC(=O)c1cc[n+]([O-])cc1. The summed E-state index contributed by atoms with van der Waals surface area (Å²) in [5, 5.41) is 13.8. The lowest BCUT2D eigenvalue weighted by molar-refractivity contribution is -0.605. The first-order chi connectivity index (χ1) is 10.2. The number of carbonyl (C=O) groups excluding carboxylic acids is 1.